The lowest BCUT2D eigenvalue weighted by molar-refractivity contribution is -0.120. The van der Waals surface area contributed by atoms with E-state index in [0.717, 1.165) is 16.3 Å². The molecule has 3 aromatic carbocycles. The SMILES string of the molecule is CC(NC(=O)CNC(=O)Nc1ccccc1)c1cccc2ccccc12. The van der Waals surface area contributed by atoms with Crippen LogP contribution >= 0.6 is 0 Å². The van der Waals surface area contributed by atoms with Gasteiger partial charge in [-0.15, -0.1) is 0 Å². The molecular weight excluding hydrogens is 326 g/mol. The number of nitrogens with one attached hydrogen (secondary N) is 3. The molecule has 0 heterocycles. The van der Waals surface area contributed by atoms with Crippen molar-refractivity contribution in [3.63, 3.8) is 0 Å². The third kappa shape index (κ3) is 4.39. The lowest BCUT2D eigenvalue weighted by atomic mass is 10.00. The van der Waals surface area contributed by atoms with Crippen molar-refractivity contribution >= 4 is 28.4 Å². The first-order valence-electron chi connectivity index (χ1n) is 8.50. The molecule has 0 saturated carbocycles. The third-order valence-electron chi connectivity index (χ3n) is 4.11. The molecule has 3 aromatic rings. The molecule has 1 unspecified atom stereocenters. The fourth-order valence-electron chi connectivity index (χ4n) is 2.86. The molecular formula is C21H21N3O2. The number of amides is 3. The Balaban J connectivity index is 1.55. The Hall–Kier alpha value is -3.34. The minimum absolute atomic E-state index is 0.0895. The third-order valence-corrected chi connectivity index (χ3v) is 4.11. The summed E-state index contributed by atoms with van der Waals surface area (Å²) in [5, 5.41) is 10.4. The highest BCUT2D eigenvalue weighted by Gasteiger charge is 2.13. The maximum absolute atomic E-state index is 12.2. The van der Waals surface area contributed by atoms with E-state index >= 15 is 0 Å². The van der Waals surface area contributed by atoms with Gasteiger partial charge in [-0.3, -0.25) is 4.79 Å². The van der Waals surface area contributed by atoms with E-state index in [1.54, 1.807) is 12.1 Å². The second kappa shape index (κ2) is 8.16. The molecule has 3 amide bonds. The van der Waals surface area contributed by atoms with E-state index < -0.39 is 6.03 Å². The summed E-state index contributed by atoms with van der Waals surface area (Å²) in [4.78, 5) is 24.0. The summed E-state index contributed by atoms with van der Waals surface area (Å²) in [6.07, 6.45) is 0. The van der Waals surface area contributed by atoms with Gasteiger partial charge in [-0.25, -0.2) is 4.79 Å². The Kier molecular flexibility index (Phi) is 5.49. The number of hydrogen-bond donors (Lipinski definition) is 3. The molecule has 0 aromatic heterocycles. The van der Waals surface area contributed by atoms with Crippen molar-refractivity contribution in [2.75, 3.05) is 11.9 Å². The van der Waals surface area contributed by atoms with Gasteiger partial charge in [0.25, 0.3) is 0 Å². The summed E-state index contributed by atoms with van der Waals surface area (Å²) in [5.41, 5.74) is 1.72. The maximum atomic E-state index is 12.2. The summed E-state index contributed by atoms with van der Waals surface area (Å²) in [7, 11) is 0. The van der Waals surface area contributed by atoms with Gasteiger partial charge in [-0.1, -0.05) is 60.7 Å². The number of benzene rings is 3. The van der Waals surface area contributed by atoms with E-state index in [0.29, 0.717) is 5.69 Å². The van der Waals surface area contributed by atoms with Gasteiger partial charge in [0, 0.05) is 5.69 Å². The Morgan fingerprint density at radius 3 is 2.38 bits per heavy atom. The van der Waals surface area contributed by atoms with E-state index in [4.69, 9.17) is 0 Å². The first kappa shape index (κ1) is 17.5. The van der Waals surface area contributed by atoms with Crippen molar-refractivity contribution < 1.29 is 9.59 Å². The molecule has 1 atom stereocenters. The number of fused-ring (bicyclic) bond motifs is 1. The van der Waals surface area contributed by atoms with Crippen molar-refractivity contribution in [2.24, 2.45) is 0 Å². The minimum Gasteiger partial charge on any atom is -0.348 e. The molecule has 0 fully saturated rings. The smallest absolute Gasteiger partial charge is 0.319 e. The van der Waals surface area contributed by atoms with Gasteiger partial charge in [0.05, 0.1) is 12.6 Å². The first-order chi connectivity index (χ1) is 12.6. The Morgan fingerprint density at radius 2 is 1.58 bits per heavy atom. The number of rotatable bonds is 5. The molecule has 26 heavy (non-hydrogen) atoms. The quantitative estimate of drug-likeness (QED) is 0.656. The Labute approximate surface area is 152 Å². The highest BCUT2D eigenvalue weighted by Crippen LogP contribution is 2.23. The second-order valence-corrected chi connectivity index (χ2v) is 6.03. The minimum atomic E-state index is -0.413. The van der Waals surface area contributed by atoms with Gasteiger partial charge in [0.15, 0.2) is 0 Å². The molecule has 0 spiro atoms. The van der Waals surface area contributed by atoms with Gasteiger partial charge in [0.2, 0.25) is 5.91 Å². The number of carbonyl (C=O) groups is 2. The standard InChI is InChI=1S/C21H21N3O2/c1-15(18-13-7-9-16-8-5-6-12-19(16)18)23-20(25)14-22-21(26)24-17-10-3-2-4-11-17/h2-13,15H,14H2,1H3,(H,23,25)(H2,22,24,26). The average Bonchev–Trinajstić information content (AvgIpc) is 2.66. The van der Waals surface area contributed by atoms with Crippen LogP contribution in [0.4, 0.5) is 10.5 Å². The predicted molar refractivity (Wildman–Crippen MR) is 104 cm³/mol. The molecule has 0 saturated heterocycles. The number of para-hydroxylation sites is 1. The van der Waals surface area contributed by atoms with Gasteiger partial charge in [0.1, 0.15) is 0 Å². The van der Waals surface area contributed by atoms with Crippen LogP contribution in [0.15, 0.2) is 72.8 Å². The summed E-state index contributed by atoms with van der Waals surface area (Å²) >= 11 is 0. The van der Waals surface area contributed by atoms with Gasteiger partial charge < -0.3 is 16.0 Å². The number of carbonyl (C=O) groups excluding carboxylic acids is 2. The van der Waals surface area contributed by atoms with Crippen LogP contribution in [0, 0.1) is 0 Å². The summed E-state index contributed by atoms with van der Waals surface area (Å²) in [6, 6.07) is 22.6. The molecule has 0 radical (unpaired) electrons. The van der Waals surface area contributed by atoms with Crippen LogP contribution in [0.5, 0.6) is 0 Å². The average molecular weight is 347 g/mol. The largest absolute Gasteiger partial charge is 0.348 e. The molecule has 132 valence electrons. The fourth-order valence-corrected chi connectivity index (χ4v) is 2.86. The monoisotopic (exact) mass is 347 g/mol. The van der Waals surface area contributed by atoms with Gasteiger partial charge in [-0.2, -0.15) is 0 Å². The zero-order valence-corrected chi connectivity index (χ0v) is 14.5. The summed E-state index contributed by atoms with van der Waals surface area (Å²) in [6.45, 7) is 1.84. The molecule has 3 N–H and O–H groups in total. The molecule has 0 bridgehead atoms. The van der Waals surface area contributed by atoms with Gasteiger partial charge >= 0.3 is 6.03 Å². The number of urea groups is 1. The topological polar surface area (TPSA) is 70.2 Å². The van der Waals surface area contributed by atoms with Crippen molar-refractivity contribution in [1.29, 1.82) is 0 Å². The van der Waals surface area contributed by atoms with Crippen LogP contribution in [-0.2, 0) is 4.79 Å². The molecule has 0 aliphatic rings. The zero-order valence-electron chi connectivity index (χ0n) is 14.5. The van der Waals surface area contributed by atoms with Crippen molar-refractivity contribution in [2.45, 2.75) is 13.0 Å². The number of hydrogen-bond acceptors (Lipinski definition) is 2. The second-order valence-electron chi connectivity index (χ2n) is 6.03. The fraction of sp³-hybridized carbons (Fsp3) is 0.143. The number of anilines is 1. The van der Waals surface area contributed by atoms with Crippen LogP contribution < -0.4 is 16.0 Å². The molecule has 0 aliphatic heterocycles. The van der Waals surface area contributed by atoms with Crippen LogP contribution in [-0.4, -0.2) is 18.5 Å². The summed E-state index contributed by atoms with van der Waals surface area (Å²) < 4.78 is 0. The van der Waals surface area contributed by atoms with Crippen LogP contribution in [0.2, 0.25) is 0 Å². The Bertz CT molecular complexity index is 904. The first-order valence-corrected chi connectivity index (χ1v) is 8.50. The maximum Gasteiger partial charge on any atom is 0.319 e. The molecule has 5 heteroatoms. The van der Waals surface area contributed by atoms with Crippen molar-refractivity contribution in [3.05, 3.63) is 78.4 Å². The lowest BCUT2D eigenvalue weighted by Gasteiger charge is -2.17. The molecule has 3 rings (SSSR count). The van der Waals surface area contributed by atoms with Crippen LogP contribution in [0.3, 0.4) is 0 Å². The van der Waals surface area contributed by atoms with E-state index in [2.05, 4.69) is 16.0 Å². The van der Waals surface area contributed by atoms with E-state index in [1.165, 1.54) is 0 Å². The van der Waals surface area contributed by atoms with Crippen LogP contribution in [0.1, 0.15) is 18.5 Å². The highest BCUT2D eigenvalue weighted by atomic mass is 16.2. The predicted octanol–water partition coefficient (Wildman–Crippen LogP) is 3.84. The van der Waals surface area contributed by atoms with Crippen LogP contribution in [0.25, 0.3) is 10.8 Å². The van der Waals surface area contributed by atoms with E-state index in [9.17, 15) is 9.59 Å². The van der Waals surface area contributed by atoms with Crippen molar-refractivity contribution in [1.82, 2.24) is 10.6 Å². The zero-order chi connectivity index (χ0) is 18.4. The molecule has 5 nitrogen and oxygen atoms in total. The van der Waals surface area contributed by atoms with E-state index in [1.807, 2.05) is 67.6 Å². The van der Waals surface area contributed by atoms with Gasteiger partial charge in [-0.05, 0) is 35.4 Å². The van der Waals surface area contributed by atoms with Crippen molar-refractivity contribution in [3.8, 4) is 0 Å². The normalized spacial score (nSPS) is 11.6. The highest BCUT2D eigenvalue weighted by molar-refractivity contribution is 5.92. The lowest BCUT2D eigenvalue weighted by Crippen LogP contribution is -2.39. The summed E-state index contributed by atoms with van der Waals surface area (Å²) in [5.74, 6) is -0.242. The van der Waals surface area contributed by atoms with E-state index in [-0.39, 0.29) is 18.5 Å². The molecule has 0 aliphatic carbocycles. The Morgan fingerprint density at radius 1 is 0.885 bits per heavy atom.